The van der Waals surface area contributed by atoms with Gasteiger partial charge in [0.1, 0.15) is 28.4 Å². The molecule has 11 nitrogen and oxygen atoms in total. The maximum atomic E-state index is 17.0. The van der Waals surface area contributed by atoms with Crippen LogP contribution in [0.3, 0.4) is 0 Å². The van der Waals surface area contributed by atoms with E-state index < -0.39 is 17.7 Å². The van der Waals surface area contributed by atoms with Crippen molar-refractivity contribution in [3.63, 3.8) is 0 Å². The number of thiophene rings is 1. The van der Waals surface area contributed by atoms with E-state index in [1.54, 1.807) is 11.9 Å². The first-order valence-corrected chi connectivity index (χ1v) is 15.1. The molecule has 7 rings (SSSR count). The zero-order valence-corrected chi connectivity index (χ0v) is 25.3. The lowest BCUT2D eigenvalue weighted by atomic mass is 9.93. The second kappa shape index (κ2) is 10.5. The lowest BCUT2D eigenvalue weighted by Gasteiger charge is -2.21. The number of likely N-dealkylation sites (N-methyl/N-ethyl adjacent to an activating group) is 1. The van der Waals surface area contributed by atoms with Crippen molar-refractivity contribution in [2.24, 2.45) is 5.41 Å². The second-order valence-electron chi connectivity index (χ2n) is 12.1. The van der Waals surface area contributed by atoms with E-state index in [4.69, 9.17) is 15.2 Å². The fourth-order valence-electron chi connectivity index (χ4n) is 6.35. The predicted molar refractivity (Wildman–Crippen MR) is 161 cm³/mol. The van der Waals surface area contributed by atoms with Gasteiger partial charge in [0, 0.05) is 36.5 Å². The molecule has 3 aliphatic rings. The largest absolute Gasteiger partial charge is 0.463 e. The van der Waals surface area contributed by atoms with Crippen molar-refractivity contribution in [2.45, 2.75) is 38.5 Å². The summed E-state index contributed by atoms with van der Waals surface area (Å²) in [5.41, 5.74) is 7.27. The fraction of sp³-hybridized carbons (Fsp3) is 0.433. The molecule has 0 radical (unpaired) electrons. The number of fused-ring (bicyclic) bond motifs is 4. The first kappa shape index (κ1) is 28.6. The summed E-state index contributed by atoms with van der Waals surface area (Å²) >= 11 is 0.915. The van der Waals surface area contributed by atoms with Gasteiger partial charge in [0.15, 0.2) is 11.6 Å². The van der Waals surface area contributed by atoms with E-state index in [2.05, 4.69) is 25.2 Å². The van der Waals surface area contributed by atoms with Gasteiger partial charge in [0.25, 0.3) is 0 Å². The molecule has 1 aliphatic carbocycles. The van der Waals surface area contributed by atoms with Crippen LogP contribution in [-0.2, 0) is 22.7 Å². The maximum absolute atomic E-state index is 17.0. The minimum atomic E-state index is -0.738. The number of ether oxygens (including phenoxy) is 2. The molecule has 5 heterocycles. The lowest BCUT2D eigenvalue weighted by molar-refractivity contribution is -0.127. The molecule has 1 unspecified atom stereocenters. The Labute approximate surface area is 255 Å². The molecule has 1 saturated carbocycles. The highest BCUT2D eigenvalue weighted by atomic mass is 32.1. The summed E-state index contributed by atoms with van der Waals surface area (Å²) in [6, 6.07) is 1.45. The minimum Gasteiger partial charge on any atom is -0.463 e. The number of carbonyl (C=O) groups is 1. The highest BCUT2D eigenvalue weighted by Crippen LogP contribution is 2.48. The van der Waals surface area contributed by atoms with E-state index in [1.165, 1.54) is 0 Å². The Kier molecular flexibility index (Phi) is 6.80. The van der Waals surface area contributed by atoms with Crippen molar-refractivity contribution < 1.29 is 23.0 Å². The number of hydrogen-bond donors (Lipinski definition) is 2. The summed E-state index contributed by atoms with van der Waals surface area (Å²) in [4.78, 5) is 30.1. The molecule has 2 fully saturated rings. The summed E-state index contributed by atoms with van der Waals surface area (Å²) in [6.45, 7) is 1.93. The molecule has 3 N–H and O–H groups in total. The van der Waals surface area contributed by atoms with Gasteiger partial charge in [-0.2, -0.15) is 15.2 Å². The molecule has 1 atom stereocenters. The predicted octanol–water partition coefficient (Wildman–Crippen LogP) is 4.03. The average molecular weight is 621 g/mol. The molecule has 228 valence electrons. The monoisotopic (exact) mass is 620 g/mol. The zero-order valence-electron chi connectivity index (χ0n) is 24.5. The number of nitrogens with one attached hydrogen (secondary N) is 1. The van der Waals surface area contributed by atoms with E-state index in [-0.39, 0.29) is 73.8 Å². The number of nitrogen functional groups attached to an aromatic ring is 1. The van der Waals surface area contributed by atoms with Gasteiger partial charge in [-0.05, 0) is 44.5 Å². The number of nitriles is 1. The summed E-state index contributed by atoms with van der Waals surface area (Å²) in [7, 11) is 5.74. The molecule has 0 bridgehead atoms. The van der Waals surface area contributed by atoms with Gasteiger partial charge in [-0.1, -0.05) is 0 Å². The molecular weight excluding hydrogens is 590 g/mol. The van der Waals surface area contributed by atoms with Crippen LogP contribution < -0.4 is 15.8 Å². The molecule has 2 aliphatic heterocycles. The van der Waals surface area contributed by atoms with Gasteiger partial charge in [-0.3, -0.25) is 9.78 Å². The molecule has 0 spiro atoms. The number of pyridine rings is 1. The number of carbonyl (C=O) groups excluding carboxylic acids is 1. The van der Waals surface area contributed by atoms with Crippen molar-refractivity contribution in [1.29, 1.82) is 5.26 Å². The summed E-state index contributed by atoms with van der Waals surface area (Å²) in [6.07, 6.45) is 3.54. The molecular formula is C30H30F2N8O3S. The van der Waals surface area contributed by atoms with Gasteiger partial charge in [-0.15, -0.1) is 11.3 Å². The van der Waals surface area contributed by atoms with Crippen LogP contribution in [-0.4, -0.2) is 77.5 Å². The van der Waals surface area contributed by atoms with E-state index in [0.717, 1.165) is 36.9 Å². The number of nitrogens with two attached hydrogens (primary N) is 1. The topological polar surface area (TPSA) is 143 Å². The first-order valence-electron chi connectivity index (χ1n) is 14.3. The number of likely N-dealkylation sites (tertiary alicyclic amines) is 1. The number of benzene rings is 1. The van der Waals surface area contributed by atoms with E-state index in [0.29, 0.717) is 36.1 Å². The standard InChI is InChI=1S/C30H30F2N8O3S/c1-39(2)12-30(5-6-30)13-43-29-37-24-21(27(38-29)36-18-4-7-40(3)28(18)41)16-11-42-10-15(16)19(22(24)32)23-20-14(8-33)26(34)44-25(20)17(31)9-35-23/h9,18H,4-7,10-13,34H2,1-3H3,(H,36,37,38). The fourth-order valence-corrected chi connectivity index (χ4v) is 7.27. The minimum absolute atomic E-state index is 0.0257. The van der Waals surface area contributed by atoms with E-state index >= 15 is 4.39 Å². The van der Waals surface area contributed by atoms with Gasteiger partial charge < -0.3 is 30.3 Å². The van der Waals surface area contributed by atoms with Crippen molar-refractivity contribution in [1.82, 2.24) is 24.8 Å². The molecule has 3 aromatic heterocycles. The number of amides is 1. The Morgan fingerprint density at radius 3 is 2.73 bits per heavy atom. The van der Waals surface area contributed by atoms with Crippen molar-refractivity contribution in [2.75, 3.05) is 51.9 Å². The number of hydrogen-bond acceptors (Lipinski definition) is 11. The summed E-state index contributed by atoms with van der Waals surface area (Å²) in [5, 5.41) is 13.8. The van der Waals surface area contributed by atoms with Crippen LogP contribution >= 0.6 is 11.3 Å². The van der Waals surface area contributed by atoms with Crippen molar-refractivity contribution in [3.05, 3.63) is 34.5 Å². The Morgan fingerprint density at radius 1 is 1.27 bits per heavy atom. The molecule has 44 heavy (non-hydrogen) atoms. The van der Waals surface area contributed by atoms with Crippen LogP contribution in [0.25, 0.3) is 32.2 Å². The van der Waals surface area contributed by atoms with Crippen molar-refractivity contribution in [3.8, 4) is 23.3 Å². The Hall–Kier alpha value is -4.19. The third-order valence-corrected chi connectivity index (χ3v) is 9.70. The molecule has 1 aromatic carbocycles. The number of nitrogens with zero attached hydrogens (tertiary/aromatic N) is 6. The van der Waals surface area contributed by atoms with Crippen LogP contribution in [0.2, 0.25) is 0 Å². The Balaban J connectivity index is 1.44. The SMILES string of the molecule is CN(C)CC1(COc2nc(NC3CCN(C)C3=O)c3c4c(c(-c5ncc(F)c6sc(N)c(C#N)c56)c(F)c3n2)COC4)CC1. The second-order valence-corrected chi connectivity index (χ2v) is 13.2. The zero-order chi connectivity index (χ0) is 30.9. The summed E-state index contributed by atoms with van der Waals surface area (Å²) in [5.74, 6) is -1.21. The molecule has 1 amide bonds. The molecule has 4 aromatic rings. The number of rotatable bonds is 8. The third kappa shape index (κ3) is 4.58. The normalized spacial score (nSPS) is 18.8. The van der Waals surface area contributed by atoms with Crippen LogP contribution in [0.5, 0.6) is 6.01 Å². The number of anilines is 2. The third-order valence-electron chi connectivity index (χ3n) is 8.68. The highest BCUT2D eigenvalue weighted by Gasteiger charge is 2.44. The quantitative estimate of drug-likeness (QED) is 0.296. The van der Waals surface area contributed by atoms with Gasteiger partial charge in [0.05, 0.1) is 47.4 Å². The van der Waals surface area contributed by atoms with Gasteiger partial charge in [-0.25, -0.2) is 8.78 Å². The lowest BCUT2D eigenvalue weighted by Crippen LogP contribution is -2.31. The Bertz CT molecular complexity index is 1900. The smallest absolute Gasteiger partial charge is 0.319 e. The maximum Gasteiger partial charge on any atom is 0.319 e. The average Bonchev–Trinajstić information content (AvgIpc) is 3.26. The van der Waals surface area contributed by atoms with Crippen molar-refractivity contribution >= 4 is 49.1 Å². The van der Waals surface area contributed by atoms with Gasteiger partial charge in [0.2, 0.25) is 5.91 Å². The van der Waals surface area contributed by atoms with Crippen LogP contribution in [0.1, 0.15) is 36.0 Å². The first-order chi connectivity index (χ1) is 21.1. The van der Waals surface area contributed by atoms with Crippen LogP contribution in [0.15, 0.2) is 6.20 Å². The highest BCUT2D eigenvalue weighted by molar-refractivity contribution is 7.23. The summed E-state index contributed by atoms with van der Waals surface area (Å²) < 4.78 is 43.9. The van der Waals surface area contributed by atoms with E-state index in [9.17, 15) is 14.4 Å². The van der Waals surface area contributed by atoms with Crippen LogP contribution in [0, 0.1) is 28.4 Å². The van der Waals surface area contributed by atoms with Crippen LogP contribution in [0.4, 0.5) is 19.6 Å². The van der Waals surface area contributed by atoms with Gasteiger partial charge >= 0.3 is 6.01 Å². The van der Waals surface area contributed by atoms with E-state index in [1.807, 2.05) is 20.2 Å². The number of aromatic nitrogens is 3. The Morgan fingerprint density at radius 2 is 2.05 bits per heavy atom. The molecule has 1 saturated heterocycles. The molecule has 14 heteroatoms. The number of halogens is 2.